The van der Waals surface area contributed by atoms with E-state index < -0.39 is 0 Å². The molecule has 0 aliphatic heterocycles. The number of pyridine rings is 1. The first-order valence-electron chi connectivity index (χ1n) is 6.78. The number of hydrogen-bond donors (Lipinski definition) is 0. The van der Waals surface area contributed by atoms with E-state index in [0.717, 1.165) is 32.6 Å². The first kappa shape index (κ1) is 17.9. The lowest BCUT2D eigenvalue weighted by Gasteiger charge is -2.21. The Hall–Kier alpha value is -1.40. The van der Waals surface area contributed by atoms with Gasteiger partial charge in [-0.2, -0.15) is 13.5 Å². The Morgan fingerprint density at radius 1 is 1.17 bits per heavy atom. The fourth-order valence-electron chi connectivity index (χ4n) is 2.52. The van der Waals surface area contributed by atoms with E-state index in [1.165, 1.54) is 12.2 Å². The highest BCUT2D eigenvalue weighted by molar-refractivity contribution is 7.96. The fraction of sp³-hybridized carbons (Fsp3) is 0.118. The highest BCUT2D eigenvalue weighted by Gasteiger charge is 2.14. The summed E-state index contributed by atoms with van der Waals surface area (Å²) in [6, 6.07) is 14.1. The van der Waals surface area contributed by atoms with Gasteiger partial charge in [0, 0.05) is 35.4 Å². The maximum atomic E-state index is 6.18. The Balaban J connectivity index is 0.00000192. The molecule has 1 heterocycles. The predicted molar refractivity (Wildman–Crippen MR) is 106 cm³/mol. The van der Waals surface area contributed by atoms with Crippen LogP contribution in [-0.4, -0.2) is 19.1 Å². The van der Waals surface area contributed by atoms with Crippen LogP contribution >= 0.6 is 37.3 Å². The molecule has 2 aromatic carbocycles. The van der Waals surface area contributed by atoms with Crippen LogP contribution in [0.4, 0.5) is 5.69 Å². The van der Waals surface area contributed by atoms with Gasteiger partial charge in [-0.05, 0) is 35.2 Å². The normalized spacial score (nSPS) is 10.4. The summed E-state index contributed by atoms with van der Waals surface area (Å²) >= 11 is 7.47. The van der Waals surface area contributed by atoms with E-state index >= 15 is 0 Å². The van der Waals surface area contributed by atoms with Crippen molar-refractivity contribution in [1.82, 2.24) is 4.98 Å². The standard InChI is InChI=1S/C17H15ClN2OS.H2S/c1-20(22-21-2)16-7-6-13-11-19-9-8-15(13)17(16)12-4-3-5-14(18)10-12;/h3-11H,1-2H3;1H2. The molecule has 120 valence electrons. The number of aromatic nitrogens is 1. The third-order valence-electron chi connectivity index (χ3n) is 3.44. The summed E-state index contributed by atoms with van der Waals surface area (Å²) in [6.45, 7) is 0. The van der Waals surface area contributed by atoms with Gasteiger partial charge in [0.2, 0.25) is 0 Å². The number of nitrogens with zero attached hydrogens (tertiary/aromatic N) is 2. The van der Waals surface area contributed by atoms with Gasteiger partial charge in [0.05, 0.1) is 12.8 Å². The van der Waals surface area contributed by atoms with Crippen molar-refractivity contribution in [2.75, 3.05) is 18.5 Å². The fourth-order valence-corrected chi connectivity index (χ4v) is 3.17. The second-order valence-electron chi connectivity index (χ2n) is 4.81. The molecule has 0 amide bonds. The molecule has 0 fully saturated rings. The van der Waals surface area contributed by atoms with Crippen LogP contribution in [0.25, 0.3) is 21.9 Å². The second-order valence-corrected chi connectivity index (χ2v) is 6.27. The van der Waals surface area contributed by atoms with Crippen LogP contribution in [0.3, 0.4) is 0 Å². The lowest BCUT2D eigenvalue weighted by molar-refractivity contribution is 0.489. The summed E-state index contributed by atoms with van der Waals surface area (Å²) in [5.41, 5.74) is 3.25. The Morgan fingerprint density at radius 3 is 2.74 bits per heavy atom. The molecule has 0 saturated carbocycles. The largest absolute Gasteiger partial charge is 0.300 e. The van der Waals surface area contributed by atoms with Crippen molar-refractivity contribution in [1.29, 1.82) is 0 Å². The average molecular weight is 365 g/mol. The average Bonchev–Trinajstić information content (AvgIpc) is 2.54. The Morgan fingerprint density at radius 2 is 2.00 bits per heavy atom. The predicted octanol–water partition coefficient (Wildman–Crippen LogP) is 5.31. The van der Waals surface area contributed by atoms with E-state index in [-0.39, 0.29) is 13.5 Å². The van der Waals surface area contributed by atoms with Crippen LogP contribution in [0, 0.1) is 0 Å². The molecule has 0 unspecified atom stereocenters. The Kier molecular flexibility index (Phi) is 6.18. The van der Waals surface area contributed by atoms with E-state index in [4.69, 9.17) is 15.8 Å². The zero-order chi connectivity index (χ0) is 15.5. The molecule has 1 aromatic heterocycles. The van der Waals surface area contributed by atoms with E-state index in [1.54, 1.807) is 7.11 Å². The van der Waals surface area contributed by atoms with Crippen molar-refractivity contribution in [3.63, 3.8) is 0 Å². The van der Waals surface area contributed by atoms with E-state index in [0.29, 0.717) is 0 Å². The van der Waals surface area contributed by atoms with Gasteiger partial charge in [0.15, 0.2) is 0 Å². The number of anilines is 1. The minimum absolute atomic E-state index is 0. The third-order valence-corrected chi connectivity index (χ3v) is 4.24. The van der Waals surface area contributed by atoms with Gasteiger partial charge in [0.1, 0.15) is 12.2 Å². The van der Waals surface area contributed by atoms with Crippen LogP contribution in [0.2, 0.25) is 5.02 Å². The molecular weight excluding hydrogens is 348 g/mol. The van der Waals surface area contributed by atoms with Crippen molar-refractivity contribution >= 4 is 53.8 Å². The van der Waals surface area contributed by atoms with E-state index in [9.17, 15) is 0 Å². The van der Waals surface area contributed by atoms with Crippen LogP contribution in [0.15, 0.2) is 54.9 Å². The summed E-state index contributed by atoms with van der Waals surface area (Å²) in [5, 5.41) is 2.95. The van der Waals surface area contributed by atoms with Gasteiger partial charge in [-0.15, -0.1) is 0 Å². The molecule has 0 saturated heterocycles. The van der Waals surface area contributed by atoms with Crippen molar-refractivity contribution in [3.05, 3.63) is 59.9 Å². The van der Waals surface area contributed by atoms with Gasteiger partial charge >= 0.3 is 0 Å². The van der Waals surface area contributed by atoms with E-state index in [1.807, 2.05) is 48.0 Å². The summed E-state index contributed by atoms with van der Waals surface area (Å²) in [5.74, 6) is 0. The maximum Gasteiger partial charge on any atom is 0.113 e. The molecular formula is C17H17ClN2OS2. The lowest BCUT2D eigenvalue weighted by atomic mass is 9.97. The minimum Gasteiger partial charge on any atom is -0.300 e. The summed E-state index contributed by atoms with van der Waals surface area (Å²) in [6.07, 6.45) is 3.68. The van der Waals surface area contributed by atoms with Gasteiger partial charge in [0.25, 0.3) is 0 Å². The van der Waals surface area contributed by atoms with Crippen LogP contribution in [-0.2, 0) is 4.18 Å². The molecule has 0 spiro atoms. The van der Waals surface area contributed by atoms with Crippen LogP contribution < -0.4 is 4.31 Å². The number of benzene rings is 2. The molecule has 0 N–H and O–H groups in total. The molecule has 3 aromatic rings. The molecule has 6 heteroatoms. The smallest absolute Gasteiger partial charge is 0.113 e. The molecule has 0 aliphatic carbocycles. The van der Waals surface area contributed by atoms with Crippen molar-refractivity contribution in [3.8, 4) is 11.1 Å². The minimum atomic E-state index is 0. The monoisotopic (exact) mass is 364 g/mol. The summed E-state index contributed by atoms with van der Waals surface area (Å²) in [7, 11) is 3.63. The SMILES string of the molecule is COSN(C)c1ccc2cnccc2c1-c1cccc(Cl)c1.S. The maximum absolute atomic E-state index is 6.18. The zero-order valence-corrected chi connectivity index (χ0v) is 15.4. The molecule has 0 radical (unpaired) electrons. The number of rotatable bonds is 4. The van der Waals surface area contributed by atoms with Crippen molar-refractivity contribution < 1.29 is 4.18 Å². The summed E-state index contributed by atoms with van der Waals surface area (Å²) < 4.78 is 7.19. The number of fused-ring (bicyclic) bond motifs is 1. The molecule has 0 atom stereocenters. The van der Waals surface area contributed by atoms with Crippen LogP contribution in [0.1, 0.15) is 0 Å². The highest BCUT2D eigenvalue weighted by atomic mass is 35.5. The Bertz CT molecular complexity index is 813. The first-order chi connectivity index (χ1) is 10.7. The molecule has 3 nitrogen and oxygen atoms in total. The quantitative estimate of drug-likeness (QED) is 0.462. The lowest BCUT2D eigenvalue weighted by Crippen LogP contribution is -2.08. The molecule has 0 aliphatic rings. The van der Waals surface area contributed by atoms with Crippen LogP contribution in [0.5, 0.6) is 0 Å². The van der Waals surface area contributed by atoms with E-state index in [2.05, 4.69) is 23.2 Å². The Labute approximate surface area is 152 Å². The van der Waals surface area contributed by atoms with Crippen molar-refractivity contribution in [2.45, 2.75) is 0 Å². The number of halogens is 1. The highest BCUT2D eigenvalue weighted by Crippen LogP contribution is 2.39. The first-order valence-corrected chi connectivity index (χ1v) is 7.85. The topological polar surface area (TPSA) is 25.4 Å². The number of hydrogen-bond acceptors (Lipinski definition) is 4. The second kappa shape index (κ2) is 7.93. The van der Waals surface area contributed by atoms with Gasteiger partial charge in [-0.3, -0.25) is 9.29 Å². The van der Waals surface area contributed by atoms with Gasteiger partial charge in [-0.1, -0.05) is 29.8 Å². The van der Waals surface area contributed by atoms with Gasteiger partial charge < -0.3 is 4.18 Å². The van der Waals surface area contributed by atoms with Crippen molar-refractivity contribution in [2.24, 2.45) is 0 Å². The zero-order valence-electron chi connectivity index (χ0n) is 12.8. The molecule has 0 bridgehead atoms. The summed E-state index contributed by atoms with van der Waals surface area (Å²) in [4.78, 5) is 4.21. The van der Waals surface area contributed by atoms with Gasteiger partial charge in [-0.25, -0.2) is 0 Å². The third kappa shape index (κ3) is 3.75. The molecule has 3 rings (SSSR count). The molecule has 23 heavy (non-hydrogen) atoms.